The highest BCUT2D eigenvalue weighted by Gasteiger charge is 2.17. The zero-order chi connectivity index (χ0) is 14.4. The highest BCUT2D eigenvalue weighted by molar-refractivity contribution is 6.31. The first kappa shape index (κ1) is 15.8. The monoisotopic (exact) mass is 285 g/mol. The molecule has 0 aliphatic heterocycles. The van der Waals surface area contributed by atoms with E-state index in [-0.39, 0.29) is 11.6 Å². The van der Waals surface area contributed by atoms with E-state index >= 15 is 0 Å². The molecule has 0 aliphatic rings. The SMILES string of the molecule is CCOCC(Nc1ccc(Cl)cc1C(=O)O)C(C)C. The summed E-state index contributed by atoms with van der Waals surface area (Å²) < 4.78 is 5.42. The Kier molecular flexibility index (Phi) is 6.12. The van der Waals surface area contributed by atoms with Crippen molar-refractivity contribution in [2.45, 2.75) is 26.8 Å². The van der Waals surface area contributed by atoms with Crippen molar-refractivity contribution in [2.75, 3.05) is 18.5 Å². The van der Waals surface area contributed by atoms with E-state index in [9.17, 15) is 9.90 Å². The van der Waals surface area contributed by atoms with Gasteiger partial charge in [-0.05, 0) is 31.0 Å². The molecule has 1 rings (SSSR count). The largest absolute Gasteiger partial charge is 0.478 e. The molecule has 0 saturated carbocycles. The maximum atomic E-state index is 11.2. The lowest BCUT2D eigenvalue weighted by Crippen LogP contribution is -2.31. The van der Waals surface area contributed by atoms with Crippen LogP contribution in [0.2, 0.25) is 5.02 Å². The molecule has 0 fully saturated rings. The molecule has 1 aromatic carbocycles. The fourth-order valence-corrected chi connectivity index (χ4v) is 1.84. The molecule has 0 amide bonds. The number of carbonyl (C=O) groups is 1. The average molecular weight is 286 g/mol. The number of aromatic carboxylic acids is 1. The van der Waals surface area contributed by atoms with Gasteiger partial charge in [-0.3, -0.25) is 0 Å². The Morgan fingerprint density at radius 3 is 2.68 bits per heavy atom. The predicted octanol–water partition coefficient (Wildman–Crippen LogP) is 3.51. The molecular formula is C14H20ClNO3. The average Bonchev–Trinajstić information content (AvgIpc) is 2.35. The van der Waals surface area contributed by atoms with Gasteiger partial charge in [-0.15, -0.1) is 0 Å². The summed E-state index contributed by atoms with van der Waals surface area (Å²) in [4.78, 5) is 11.2. The van der Waals surface area contributed by atoms with Crippen LogP contribution in [-0.4, -0.2) is 30.3 Å². The van der Waals surface area contributed by atoms with Crippen molar-refractivity contribution in [1.82, 2.24) is 0 Å². The quantitative estimate of drug-likeness (QED) is 0.805. The number of rotatable bonds is 7. The van der Waals surface area contributed by atoms with E-state index < -0.39 is 5.97 Å². The molecule has 0 aromatic heterocycles. The Bertz CT molecular complexity index is 435. The molecule has 2 N–H and O–H groups in total. The summed E-state index contributed by atoms with van der Waals surface area (Å²) in [6, 6.07) is 4.87. The van der Waals surface area contributed by atoms with E-state index in [0.717, 1.165) is 0 Å². The van der Waals surface area contributed by atoms with E-state index in [1.807, 2.05) is 6.92 Å². The molecule has 5 heteroatoms. The third-order valence-corrected chi connectivity index (χ3v) is 3.09. The number of halogens is 1. The second kappa shape index (κ2) is 7.36. The van der Waals surface area contributed by atoms with Gasteiger partial charge in [0.05, 0.1) is 18.2 Å². The summed E-state index contributed by atoms with van der Waals surface area (Å²) in [5, 5.41) is 12.8. The van der Waals surface area contributed by atoms with Crippen LogP contribution < -0.4 is 5.32 Å². The molecule has 1 aromatic rings. The van der Waals surface area contributed by atoms with Crippen LogP contribution in [0.4, 0.5) is 5.69 Å². The maximum Gasteiger partial charge on any atom is 0.337 e. The molecular weight excluding hydrogens is 266 g/mol. The molecule has 0 spiro atoms. The number of carboxylic acids is 1. The summed E-state index contributed by atoms with van der Waals surface area (Å²) >= 11 is 5.83. The van der Waals surface area contributed by atoms with Gasteiger partial charge in [0.2, 0.25) is 0 Å². The normalized spacial score (nSPS) is 12.5. The summed E-state index contributed by atoms with van der Waals surface area (Å²) in [5.41, 5.74) is 0.741. The van der Waals surface area contributed by atoms with Gasteiger partial charge in [-0.25, -0.2) is 4.79 Å². The molecule has 4 nitrogen and oxygen atoms in total. The van der Waals surface area contributed by atoms with Gasteiger partial charge in [0.25, 0.3) is 0 Å². The van der Waals surface area contributed by atoms with Crippen LogP contribution in [-0.2, 0) is 4.74 Å². The maximum absolute atomic E-state index is 11.2. The summed E-state index contributed by atoms with van der Waals surface area (Å²) in [6.07, 6.45) is 0. The Morgan fingerprint density at radius 2 is 2.16 bits per heavy atom. The zero-order valence-corrected chi connectivity index (χ0v) is 12.2. The highest BCUT2D eigenvalue weighted by Crippen LogP contribution is 2.22. The van der Waals surface area contributed by atoms with Gasteiger partial charge in [-0.2, -0.15) is 0 Å². The fraction of sp³-hybridized carbons (Fsp3) is 0.500. The van der Waals surface area contributed by atoms with Gasteiger partial charge in [-0.1, -0.05) is 25.4 Å². The molecule has 19 heavy (non-hydrogen) atoms. The van der Waals surface area contributed by atoms with Crippen LogP contribution in [0.5, 0.6) is 0 Å². The van der Waals surface area contributed by atoms with Crippen molar-refractivity contribution in [3.05, 3.63) is 28.8 Å². The van der Waals surface area contributed by atoms with Crippen LogP contribution >= 0.6 is 11.6 Å². The number of nitrogens with one attached hydrogen (secondary N) is 1. The van der Waals surface area contributed by atoms with Crippen LogP contribution in [0, 0.1) is 5.92 Å². The number of ether oxygens (including phenoxy) is 1. The minimum Gasteiger partial charge on any atom is -0.478 e. The van der Waals surface area contributed by atoms with Crippen LogP contribution in [0.15, 0.2) is 18.2 Å². The third-order valence-electron chi connectivity index (χ3n) is 2.86. The van der Waals surface area contributed by atoms with Crippen molar-refractivity contribution in [3.63, 3.8) is 0 Å². The minimum absolute atomic E-state index is 0.0548. The molecule has 0 saturated heterocycles. The molecule has 0 heterocycles. The highest BCUT2D eigenvalue weighted by atomic mass is 35.5. The summed E-state index contributed by atoms with van der Waals surface area (Å²) in [6.45, 7) is 7.23. The Morgan fingerprint density at radius 1 is 1.47 bits per heavy atom. The lowest BCUT2D eigenvalue weighted by atomic mass is 10.0. The number of anilines is 1. The molecule has 1 unspecified atom stereocenters. The summed E-state index contributed by atoms with van der Waals surface area (Å²) in [7, 11) is 0. The van der Waals surface area contributed by atoms with Gasteiger partial charge in [0.1, 0.15) is 0 Å². The van der Waals surface area contributed by atoms with Crippen LogP contribution in [0.1, 0.15) is 31.1 Å². The first-order valence-corrected chi connectivity index (χ1v) is 6.70. The minimum atomic E-state index is -0.996. The lowest BCUT2D eigenvalue weighted by Gasteiger charge is -2.24. The van der Waals surface area contributed by atoms with E-state index in [0.29, 0.717) is 29.8 Å². The van der Waals surface area contributed by atoms with Crippen LogP contribution in [0.25, 0.3) is 0 Å². The van der Waals surface area contributed by atoms with Crippen molar-refractivity contribution in [3.8, 4) is 0 Å². The Hall–Kier alpha value is -1.26. The van der Waals surface area contributed by atoms with Crippen molar-refractivity contribution in [1.29, 1.82) is 0 Å². The van der Waals surface area contributed by atoms with Gasteiger partial charge < -0.3 is 15.2 Å². The molecule has 0 aliphatic carbocycles. The first-order valence-electron chi connectivity index (χ1n) is 6.32. The van der Waals surface area contributed by atoms with E-state index in [2.05, 4.69) is 19.2 Å². The smallest absolute Gasteiger partial charge is 0.337 e. The van der Waals surface area contributed by atoms with Crippen molar-refractivity contribution < 1.29 is 14.6 Å². The second-order valence-electron chi connectivity index (χ2n) is 4.65. The number of benzene rings is 1. The van der Waals surface area contributed by atoms with Crippen LogP contribution in [0.3, 0.4) is 0 Å². The zero-order valence-electron chi connectivity index (χ0n) is 11.4. The fourth-order valence-electron chi connectivity index (χ4n) is 1.66. The number of hydrogen-bond donors (Lipinski definition) is 2. The van der Waals surface area contributed by atoms with Gasteiger partial charge in [0, 0.05) is 17.3 Å². The molecule has 0 bridgehead atoms. The summed E-state index contributed by atoms with van der Waals surface area (Å²) in [5.74, 6) is -0.673. The molecule has 106 valence electrons. The Labute approximate surface area is 118 Å². The second-order valence-corrected chi connectivity index (χ2v) is 5.09. The van der Waals surface area contributed by atoms with Crippen molar-refractivity contribution in [2.24, 2.45) is 5.92 Å². The predicted molar refractivity (Wildman–Crippen MR) is 77.2 cm³/mol. The van der Waals surface area contributed by atoms with Gasteiger partial charge in [0.15, 0.2) is 0 Å². The number of carboxylic acid groups (broad SMARTS) is 1. The lowest BCUT2D eigenvalue weighted by molar-refractivity contribution is 0.0697. The third kappa shape index (κ3) is 4.73. The molecule has 0 radical (unpaired) electrons. The van der Waals surface area contributed by atoms with E-state index in [1.165, 1.54) is 6.07 Å². The van der Waals surface area contributed by atoms with E-state index in [1.54, 1.807) is 12.1 Å². The topological polar surface area (TPSA) is 58.6 Å². The van der Waals surface area contributed by atoms with Gasteiger partial charge >= 0.3 is 5.97 Å². The van der Waals surface area contributed by atoms with E-state index in [4.69, 9.17) is 16.3 Å². The molecule has 1 atom stereocenters. The first-order chi connectivity index (χ1) is 8.95. The number of hydrogen-bond acceptors (Lipinski definition) is 3. The Balaban J connectivity index is 2.92. The standard InChI is InChI=1S/C14H20ClNO3/c1-4-19-8-13(9(2)3)16-12-6-5-10(15)7-11(12)14(17)18/h5-7,9,13,16H,4,8H2,1-3H3,(H,17,18). The van der Waals surface area contributed by atoms with Crippen molar-refractivity contribution >= 4 is 23.3 Å².